The van der Waals surface area contributed by atoms with Crippen LogP contribution in [-0.4, -0.2) is 43.4 Å². The standard InChI is InChI=1S/C9H13N3O2/c1-13-8-6-10-7-11-9(8)12-2-4-14-5-3-12/h6-7H,2-5H2,1H3. The molecule has 5 nitrogen and oxygen atoms in total. The Hall–Kier alpha value is -1.36. The van der Waals surface area contributed by atoms with Crippen molar-refractivity contribution in [2.45, 2.75) is 0 Å². The molecule has 0 saturated carbocycles. The van der Waals surface area contributed by atoms with Gasteiger partial charge in [0.05, 0.1) is 26.5 Å². The molecule has 0 radical (unpaired) electrons. The maximum atomic E-state index is 5.27. The van der Waals surface area contributed by atoms with E-state index in [1.54, 1.807) is 13.3 Å². The monoisotopic (exact) mass is 195 g/mol. The van der Waals surface area contributed by atoms with Gasteiger partial charge in [-0.1, -0.05) is 0 Å². The van der Waals surface area contributed by atoms with Gasteiger partial charge >= 0.3 is 0 Å². The first-order chi connectivity index (χ1) is 6.92. The Bertz CT molecular complexity index is 300. The Balaban J connectivity index is 2.20. The third-order valence-corrected chi connectivity index (χ3v) is 2.19. The Morgan fingerprint density at radius 1 is 1.43 bits per heavy atom. The highest BCUT2D eigenvalue weighted by Gasteiger charge is 2.16. The van der Waals surface area contributed by atoms with Crippen molar-refractivity contribution < 1.29 is 9.47 Å². The molecule has 0 atom stereocenters. The lowest BCUT2D eigenvalue weighted by Gasteiger charge is -2.28. The molecule has 1 fully saturated rings. The highest BCUT2D eigenvalue weighted by molar-refractivity contribution is 5.50. The normalized spacial score (nSPS) is 16.8. The van der Waals surface area contributed by atoms with Gasteiger partial charge in [-0.3, -0.25) is 0 Å². The van der Waals surface area contributed by atoms with E-state index in [4.69, 9.17) is 9.47 Å². The van der Waals surface area contributed by atoms with Crippen LogP contribution in [-0.2, 0) is 4.74 Å². The average Bonchev–Trinajstić information content (AvgIpc) is 2.30. The van der Waals surface area contributed by atoms with E-state index >= 15 is 0 Å². The lowest BCUT2D eigenvalue weighted by atomic mass is 10.4. The van der Waals surface area contributed by atoms with Gasteiger partial charge in [-0.25, -0.2) is 9.97 Å². The van der Waals surface area contributed by atoms with Crippen LogP contribution in [0.1, 0.15) is 0 Å². The lowest BCUT2D eigenvalue weighted by Crippen LogP contribution is -2.37. The number of hydrogen-bond acceptors (Lipinski definition) is 5. The SMILES string of the molecule is COc1cncnc1N1CCOCC1. The number of aromatic nitrogens is 2. The average molecular weight is 195 g/mol. The molecule has 76 valence electrons. The zero-order valence-corrected chi connectivity index (χ0v) is 8.14. The lowest BCUT2D eigenvalue weighted by molar-refractivity contribution is 0.122. The van der Waals surface area contributed by atoms with E-state index in [1.165, 1.54) is 6.33 Å². The summed E-state index contributed by atoms with van der Waals surface area (Å²) in [6, 6.07) is 0. The van der Waals surface area contributed by atoms with Crippen LogP contribution in [0.15, 0.2) is 12.5 Å². The summed E-state index contributed by atoms with van der Waals surface area (Å²) in [4.78, 5) is 10.3. The minimum Gasteiger partial charge on any atom is -0.491 e. The topological polar surface area (TPSA) is 47.5 Å². The van der Waals surface area contributed by atoms with E-state index in [0.29, 0.717) is 0 Å². The van der Waals surface area contributed by atoms with E-state index in [0.717, 1.165) is 37.9 Å². The van der Waals surface area contributed by atoms with Crippen LogP contribution in [0, 0.1) is 0 Å². The van der Waals surface area contributed by atoms with Crippen molar-refractivity contribution in [2.75, 3.05) is 38.3 Å². The number of nitrogens with zero attached hydrogens (tertiary/aromatic N) is 3. The molecule has 1 aliphatic rings. The van der Waals surface area contributed by atoms with Crippen molar-refractivity contribution in [1.82, 2.24) is 9.97 Å². The van der Waals surface area contributed by atoms with E-state index < -0.39 is 0 Å². The highest BCUT2D eigenvalue weighted by atomic mass is 16.5. The summed E-state index contributed by atoms with van der Waals surface area (Å²) in [6.07, 6.45) is 3.21. The van der Waals surface area contributed by atoms with Crippen molar-refractivity contribution in [2.24, 2.45) is 0 Å². The summed E-state index contributed by atoms with van der Waals surface area (Å²) >= 11 is 0. The van der Waals surface area contributed by atoms with Gasteiger partial charge in [0, 0.05) is 13.1 Å². The molecular weight excluding hydrogens is 182 g/mol. The van der Waals surface area contributed by atoms with E-state index in [-0.39, 0.29) is 0 Å². The summed E-state index contributed by atoms with van der Waals surface area (Å²) in [5.74, 6) is 1.57. The summed E-state index contributed by atoms with van der Waals surface area (Å²) in [7, 11) is 1.63. The molecule has 0 unspecified atom stereocenters. The Kier molecular flexibility index (Phi) is 2.78. The molecule has 1 aromatic heterocycles. The second kappa shape index (κ2) is 4.23. The van der Waals surface area contributed by atoms with Gasteiger partial charge < -0.3 is 14.4 Å². The maximum Gasteiger partial charge on any atom is 0.179 e. The van der Waals surface area contributed by atoms with Crippen molar-refractivity contribution in [3.05, 3.63) is 12.5 Å². The van der Waals surface area contributed by atoms with Crippen molar-refractivity contribution in [1.29, 1.82) is 0 Å². The Morgan fingerprint density at radius 3 is 2.93 bits per heavy atom. The molecule has 0 N–H and O–H groups in total. The molecule has 1 aliphatic heterocycles. The Morgan fingerprint density at radius 2 is 2.21 bits per heavy atom. The van der Waals surface area contributed by atoms with Crippen LogP contribution in [0.4, 0.5) is 5.82 Å². The predicted octanol–water partition coefficient (Wildman–Crippen LogP) is 0.322. The van der Waals surface area contributed by atoms with Gasteiger partial charge in [-0.05, 0) is 0 Å². The number of morpholine rings is 1. The molecule has 0 bridgehead atoms. The third-order valence-electron chi connectivity index (χ3n) is 2.19. The van der Waals surface area contributed by atoms with Crippen LogP contribution < -0.4 is 9.64 Å². The van der Waals surface area contributed by atoms with Crippen molar-refractivity contribution >= 4 is 5.82 Å². The highest BCUT2D eigenvalue weighted by Crippen LogP contribution is 2.23. The number of ether oxygens (including phenoxy) is 2. The first-order valence-electron chi connectivity index (χ1n) is 4.58. The minimum absolute atomic E-state index is 0.717. The summed E-state index contributed by atoms with van der Waals surface area (Å²) < 4.78 is 10.5. The molecule has 5 heteroatoms. The summed E-state index contributed by atoms with van der Waals surface area (Å²) in [6.45, 7) is 3.20. The fourth-order valence-corrected chi connectivity index (χ4v) is 1.47. The van der Waals surface area contributed by atoms with Gasteiger partial charge in [0.1, 0.15) is 6.33 Å². The molecule has 0 amide bonds. The Labute approximate surface area is 82.7 Å². The van der Waals surface area contributed by atoms with Crippen LogP contribution in [0.25, 0.3) is 0 Å². The van der Waals surface area contributed by atoms with Crippen LogP contribution >= 0.6 is 0 Å². The second-order valence-corrected chi connectivity index (χ2v) is 3.01. The fraction of sp³-hybridized carbons (Fsp3) is 0.556. The van der Waals surface area contributed by atoms with Gasteiger partial charge in [0.2, 0.25) is 0 Å². The molecule has 2 heterocycles. The van der Waals surface area contributed by atoms with E-state index in [9.17, 15) is 0 Å². The first-order valence-corrected chi connectivity index (χ1v) is 4.58. The van der Waals surface area contributed by atoms with Gasteiger partial charge in [-0.15, -0.1) is 0 Å². The van der Waals surface area contributed by atoms with Gasteiger partial charge in [-0.2, -0.15) is 0 Å². The number of methoxy groups -OCH3 is 1. The van der Waals surface area contributed by atoms with Crippen LogP contribution in [0.2, 0.25) is 0 Å². The number of hydrogen-bond donors (Lipinski definition) is 0. The number of rotatable bonds is 2. The van der Waals surface area contributed by atoms with Crippen molar-refractivity contribution in [3.63, 3.8) is 0 Å². The molecule has 1 saturated heterocycles. The maximum absolute atomic E-state index is 5.27. The van der Waals surface area contributed by atoms with Gasteiger partial charge in [0.15, 0.2) is 11.6 Å². The zero-order chi connectivity index (χ0) is 9.80. The summed E-state index contributed by atoms with van der Waals surface area (Å²) in [5.41, 5.74) is 0. The third kappa shape index (κ3) is 1.77. The molecular formula is C9H13N3O2. The van der Waals surface area contributed by atoms with Crippen LogP contribution in [0.3, 0.4) is 0 Å². The molecule has 0 aromatic carbocycles. The number of anilines is 1. The van der Waals surface area contributed by atoms with E-state index in [2.05, 4.69) is 14.9 Å². The molecule has 2 rings (SSSR count). The zero-order valence-electron chi connectivity index (χ0n) is 8.14. The summed E-state index contributed by atoms with van der Waals surface area (Å²) in [5, 5.41) is 0. The quantitative estimate of drug-likeness (QED) is 0.680. The largest absolute Gasteiger partial charge is 0.491 e. The molecule has 0 spiro atoms. The fourth-order valence-electron chi connectivity index (χ4n) is 1.47. The molecule has 1 aromatic rings. The second-order valence-electron chi connectivity index (χ2n) is 3.01. The predicted molar refractivity (Wildman–Crippen MR) is 51.6 cm³/mol. The van der Waals surface area contributed by atoms with Gasteiger partial charge in [0.25, 0.3) is 0 Å². The van der Waals surface area contributed by atoms with E-state index in [1.807, 2.05) is 0 Å². The van der Waals surface area contributed by atoms with Crippen molar-refractivity contribution in [3.8, 4) is 5.75 Å². The first kappa shape index (κ1) is 9.21. The minimum atomic E-state index is 0.717. The molecule has 14 heavy (non-hydrogen) atoms. The smallest absolute Gasteiger partial charge is 0.179 e. The van der Waals surface area contributed by atoms with Crippen LogP contribution in [0.5, 0.6) is 5.75 Å². The molecule has 0 aliphatic carbocycles.